The van der Waals surface area contributed by atoms with Crippen LogP contribution in [0.4, 0.5) is 0 Å². The second-order valence-electron chi connectivity index (χ2n) is 4.06. The zero-order valence-electron chi connectivity index (χ0n) is 10.5. The summed E-state index contributed by atoms with van der Waals surface area (Å²) in [6.45, 7) is 0. The molecule has 0 fully saturated rings. The van der Waals surface area contributed by atoms with Gasteiger partial charge in [0.25, 0.3) is 0 Å². The fraction of sp³-hybridized carbons (Fsp3) is 0.133. The minimum atomic E-state index is -0.0935. The molecule has 19 heavy (non-hydrogen) atoms. The van der Waals surface area contributed by atoms with Gasteiger partial charge in [-0.1, -0.05) is 30.3 Å². The third-order valence-electron chi connectivity index (χ3n) is 2.59. The number of nitrogens with one attached hydrogen (secondary N) is 1. The first-order valence-electron chi connectivity index (χ1n) is 6.10. The number of aryl methyl sites for hydroxylation is 1. The minimum absolute atomic E-state index is 0.0935. The lowest BCUT2D eigenvalue weighted by Gasteiger charge is -2.00. The molecule has 1 amide bonds. The Hall–Kier alpha value is -2.49. The molecule has 1 N–H and O–H groups in total. The largest absolute Gasteiger partial charge is 0.273 e. The van der Waals surface area contributed by atoms with Gasteiger partial charge in [0.2, 0.25) is 5.91 Å². The highest BCUT2D eigenvalue weighted by Crippen LogP contribution is 2.00. The number of rotatable bonds is 5. The van der Waals surface area contributed by atoms with E-state index in [0.29, 0.717) is 12.8 Å². The molecule has 0 spiro atoms. The lowest BCUT2D eigenvalue weighted by atomic mass is 10.1. The summed E-state index contributed by atoms with van der Waals surface area (Å²) in [7, 11) is 0. The predicted octanol–water partition coefficient (Wildman–Crippen LogP) is 2.16. The number of hydrogen-bond acceptors (Lipinski definition) is 3. The molecule has 0 saturated heterocycles. The first kappa shape index (κ1) is 13.0. The van der Waals surface area contributed by atoms with Crippen LogP contribution in [0, 0.1) is 0 Å². The number of hydrogen-bond donors (Lipinski definition) is 1. The van der Waals surface area contributed by atoms with Gasteiger partial charge in [-0.25, -0.2) is 5.43 Å². The molecule has 0 radical (unpaired) electrons. The molecular weight excluding hydrogens is 238 g/mol. The Balaban J connectivity index is 1.75. The monoisotopic (exact) mass is 253 g/mol. The van der Waals surface area contributed by atoms with Crippen LogP contribution in [-0.4, -0.2) is 17.1 Å². The Morgan fingerprint density at radius 3 is 2.63 bits per heavy atom. The van der Waals surface area contributed by atoms with E-state index in [9.17, 15) is 4.79 Å². The summed E-state index contributed by atoms with van der Waals surface area (Å²) in [4.78, 5) is 15.5. The van der Waals surface area contributed by atoms with E-state index in [2.05, 4.69) is 15.5 Å². The van der Waals surface area contributed by atoms with E-state index in [1.807, 2.05) is 42.5 Å². The lowest BCUT2D eigenvalue weighted by molar-refractivity contribution is -0.121. The van der Waals surface area contributed by atoms with Crippen molar-refractivity contribution in [2.75, 3.05) is 0 Å². The van der Waals surface area contributed by atoms with Crippen molar-refractivity contribution in [2.24, 2.45) is 5.10 Å². The molecule has 1 aromatic heterocycles. The second-order valence-corrected chi connectivity index (χ2v) is 4.06. The van der Waals surface area contributed by atoms with Crippen molar-refractivity contribution in [3.05, 3.63) is 66.0 Å². The second kappa shape index (κ2) is 7.06. The number of amides is 1. The van der Waals surface area contributed by atoms with Crippen molar-refractivity contribution in [3.8, 4) is 0 Å². The van der Waals surface area contributed by atoms with Crippen LogP contribution in [-0.2, 0) is 11.2 Å². The summed E-state index contributed by atoms with van der Waals surface area (Å²) >= 11 is 0. The first-order valence-corrected chi connectivity index (χ1v) is 6.10. The summed E-state index contributed by atoms with van der Waals surface area (Å²) in [5.41, 5.74) is 4.57. The van der Waals surface area contributed by atoms with E-state index in [1.54, 1.807) is 18.6 Å². The smallest absolute Gasteiger partial charge is 0.240 e. The van der Waals surface area contributed by atoms with Crippen LogP contribution >= 0.6 is 0 Å². The number of nitrogens with zero attached hydrogens (tertiary/aromatic N) is 2. The molecule has 1 heterocycles. The van der Waals surface area contributed by atoms with Crippen molar-refractivity contribution in [3.63, 3.8) is 0 Å². The van der Waals surface area contributed by atoms with Gasteiger partial charge >= 0.3 is 0 Å². The van der Waals surface area contributed by atoms with Gasteiger partial charge in [0.1, 0.15) is 0 Å². The first-order chi connectivity index (χ1) is 9.34. The highest BCUT2D eigenvalue weighted by molar-refractivity contribution is 5.82. The average Bonchev–Trinajstić information content (AvgIpc) is 2.47. The summed E-state index contributed by atoms with van der Waals surface area (Å²) < 4.78 is 0. The normalized spacial score (nSPS) is 10.5. The molecule has 0 aliphatic heterocycles. The molecule has 4 heteroatoms. The maximum Gasteiger partial charge on any atom is 0.240 e. The zero-order chi connectivity index (χ0) is 13.3. The summed E-state index contributed by atoms with van der Waals surface area (Å²) in [5.74, 6) is -0.0935. The Bertz CT molecular complexity index is 538. The number of aromatic nitrogens is 1. The van der Waals surface area contributed by atoms with Crippen molar-refractivity contribution in [1.29, 1.82) is 0 Å². The van der Waals surface area contributed by atoms with Gasteiger partial charge in [0, 0.05) is 18.8 Å². The highest BCUT2D eigenvalue weighted by atomic mass is 16.2. The number of benzene rings is 1. The van der Waals surface area contributed by atoms with Gasteiger partial charge in [0.05, 0.1) is 6.21 Å². The van der Waals surface area contributed by atoms with E-state index >= 15 is 0 Å². The van der Waals surface area contributed by atoms with E-state index in [4.69, 9.17) is 0 Å². The maximum atomic E-state index is 11.6. The van der Waals surface area contributed by atoms with E-state index < -0.39 is 0 Å². The van der Waals surface area contributed by atoms with Crippen LogP contribution < -0.4 is 5.43 Å². The standard InChI is InChI=1S/C15H15N3O/c19-15(7-6-13-8-10-16-11-9-13)18-17-12-14-4-2-1-3-5-14/h1-5,8-12H,6-7H2,(H,18,19)/b17-12-. The van der Waals surface area contributed by atoms with Crippen LogP contribution in [0.3, 0.4) is 0 Å². The molecule has 1 aromatic carbocycles. The van der Waals surface area contributed by atoms with E-state index in [0.717, 1.165) is 11.1 Å². The van der Waals surface area contributed by atoms with Gasteiger partial charge in [0.15, 0.2) is 0 Å². The van der Waals surface area contributed by atoms with Crippen LogP contribution in [0.1, 0.15) is 17.5 Å². The zero-order valence-corrected chi connectivity index (χ0v) is 10.5. The Morgan fingerprint density at radius 2 is 1.89 bits per heavy atom. The topological polar surface area (TPSA) is 54.4 Å². The molecule has 2 rings (SSSR count). The summed E-state index contributed by atoms with van der Waals surface area (Å²) in [6, 6.07) is 13.4. The molecular formula is C15H15N3O. The third-order valence-corrected chi connectivity index (χ3v) is 2.59. The molecule has 0 saturated carbocycles. The SMILES string of the molecule is O=C(CCc1ccncc1)N/N=C\c1ccccc1. The van der Waals surface area contributed by atoms with Crippen molar-refractivity contribution < 1.29 is 4.79 Å². The highest BCUT2D eigenvalue weighted by Gasteiger charge is 2.00. The summed E-state index contributed by atoms with van der Waals surface area (Å²) in [6.07, 6.45) is 6.18. The maximum absolute atomic E-state index is 11.6. The van der Waals surface area contributed by atoms with Gasteiger partial charge in [-0.05, 0) is 29.7 Å². The Labute approximate surface area is 112 Å². The van der Waals surface area contributed by atoms with E-state index in [1.165, 1.54) is 0 Å². The van der Waals surface area contributed by atoms with Crippen LogP contribution in [0.5, 0.6) is 0 Å². The molecule has 0 bridgehead atoms. The van der Waals surface area contributed by atoms with Crippen LogP contribution in [0.25, 0.3) is 0 Å². The fourth-order valence-electron chi connectivity index (χ4n) is 1.58. The molecule has 0 aliphatic rings. The Kier molecular flexibility index (Phi) is 4.81. The van der Waals surface area contributed by atoms with Crippen molar-refractivity contribution in [1.82, 2.24) is 10.4 Å². The van der Waals surface area contributed by atoms with E-state index in [-0.39, 0.29) is 5.91 Å². The summed E-state index contributed by atoms with van der Waals surface area (Å²) in [5, 5.41) is 3.92. The Morgan fingerprint density at radius 1 is 1.16 bits per heavy atom. The molecule has 0 atom stereocenters. The lowest BCUT2D eigenvalue weighted by Crippen LogP contribution is -2.17. The van der Waals surface area contributed by atoms with Gasteiger partial charge in [-0.3, -0.25) is 9.78 Å². The third kappa shape index (κ3) is 4.71. The van der Waals surface area contributed by atoms with Gasteiger partial charge in [-0.2, -0.15) is 5.10 Å². The van der Waals surface area contributed by atoms with Crippen LogP contribution in [0.15, 0.2) is 60.0 Å². The molecule has 0 aliphatic carbocycles. The number of pyridine rings is 1. The molecule has 96 valence electrons. The molecule has 4 nitrogen and oxygen atoms in total. The number of carbonyl (C=O) groups excluding carboxylic acids is 1. The average molecular weight is 253 g/mol. The van der Waals surface area contributed by atoms with Gasteiger partial charge in [-0.15, -0.1) is 0 Å². The predicted molar refractivity (Wildman–Crippen MR) is 74.7 cm³/mol. The number of hydrazone groups is 1. The quantitative estimate of drug-likeness (QED) is 0.655. The van der Waals surface area contributed by atoms with Crippen LogP contribution in [0.2, 0.25) is 0 Å². The molecule has 0 unspecified atom stereocenters. The van der Waals surface area contributed by atoms with Crippen molar-refractivity contribution >= 4 is 12.1 Å². The fourth-order valence-corrected chi connectivity index (χ4v) is 1.58. The van der Waals surface area contributed by atoms with Crippen molar-refractivity contribution in [2.45, 2.75) is 12.8 Å². The minimum Gasteiger partial charge on any atom is -0.273 e. The molecule has 2 aromatic rings. The number of carbonyl (C=O) groups is 1. The van der Waals surface area contributed by atoms with Gasteiger partial charge < -0.3 is 0 Å².